The van der Waals surface area contributed by atoms with Crippen LogP contribution >= 0.6 is 0 Å². The monoisotopic (exact) mass is 382 g/mol. The zero-order valence-corrected chi connectivity index (χ0v) is 16.4. The fourth-order valence-corrected chi connectivity index (χ4v) is 4.40. The molecule has 1 aliphatic heterocycles. The molecule has 1 aromatic carbocycles. The number of aliphatic carboxylic acids is 1. The van der Waals surface area contributed by atoms with Crippen LogP contribution in [0.5, 0.6) is 0 Å². The van der Waals surface area contributed by atoms with Crippen LogP contribution < -0.4 is 5.32 Å². The maximum Gasteiger partial charge on any atom is 0.328 e. The van der Waals surface area contributed by atoms with Crippen molar-refractivity contribution in [3.8, 4) is 0 Å². The molecular weight excluding hydrogens is 356 g/mol. The summed E-state index contributed by atoms with van der Waals surface area (Å²) in [4.78, 5) is 23.7. The first-order valence-corrected chi connectivity index (χ1v) is 10.0. The number of carboxylic acid groups (broad SMARTS) is 1. The summed E-state index contributed by atoms with van der Waals surface area (Å²) in [6.45, 7) is 7.12. The summed E-state index contributed by atoms with van der Waals surface area (Å²) in [5, 5.41) is 11.6. The van der Waals surface area contributed by atoms with Crippen molar-refractivity contribution in [2.45, 2.75) is 51.0 Å². The number of carbonyl (C=O) groups excluding carboxylic acids is 1. The standard InChI is InChI=1S/C18H26N2O5S/c1-12-5-6-15(11-13(12)2)26(24,25)20-9-7-14(8-10-20)16(21)19-18(3,4)17(22)23/h5-6,11,14H,7-10H2,1-4H3,(H,19,21)(H,22,23). The molecule has 0 unspecified atom stereocenters. The predicted octanol–water partition coefficient (Wildman–Crippen LogP) is 1.68. The highest BCUT2D eigenvalue weighted by Crippen LogP contribution is 2.25. The van der Waals surface area contributed by atoms with E-state index in [1.54, 1.807) is 18.2 Å². The van der Waals surface area contributed by atoms with E-state index in [1.807, 2.05) is 13.8 Å². The van der Waals surface area contributed by atoms with Gasteiger partial charge in [-0.15, -0.1) is 0 Å². The third-order valence-corrected chi connectivity index (χ3v) is 6.81. The minimum Gasteiger partial charge on any atom is -0.480 e. The molecular formula is C18H26N2O5S. The van der Waals surface area contributed by atoms with Crippen LogP contribution in [0.2, 0.25) is 0 Å². The fourth-order valence-electron chi connectivity index (χ4n) is 2.85. The van der Waals surface area contributed by atoms with Gasteiger partial charge in [-0.25, -0.2) is 13.2 Å². The lowest BCUT2D eigenvalue weighted by molar-refractivity contribution is -0.146. The molecule has 1 fully saturated rings. The van der Waals surface area contributed by atoms with Gasteiger partial charge in [0.15, 0.2) is 0 Å². The average molecular weight is 382 g/mol. The van der Waals surface area contributed by atoms with Gasteiger partial charge < -0.3 is 10.4 Å². The molecule has 2 rings (SSSR count). The Morgan fingerprint density at radius 3 is 2.23 bits per heavy atom. The number of nitrogens with zero attached hydrogens (tertiary/aromatic N) is 1. The third-order valence-electron chi connectivity index (χ3n) is 4.91. The molecule has 8 heteroatoms. The molecule has 144 valence electrons. The molecule has 0 bridgehead atoms. The van der Waals surface area contributed by atoms with Crippen LogP contribution in [-0.4, -0.2) is 48.3 Å². The van der Waals surface area contributed by atoms with E-state index in [0.717, 1.165) is 11.1 Å². The van der Waals surface area contributed by atoms with Gasteiger partial charge in [0.25, 0.3) is 0 Å². The molecule has 1 saturated heterocycles. The van der Waals surface area contributed by atoms with Gasteiger partial charge in [-0.05, 0) is 63.8 Å². The Balaban J connectivity index is 2.04. The quantitative estimate of drug-likeness (QED) is 0.806. The first kappa shape index (κ1) is 20.4. The van der Waals surface area contributed by atoms with Crippen LogP contribution in [-0.2, 0) is 19.6 Å². The minimum absolute atomic E-state index is 0.237. The maximum atomic E-state index is 12.8. The van der Waals surface area contributed by atoms with Gasteiger partial charge in [0.1, 0.15) is 5.54 Å². The number of hydrogen-bond donors (Lipinski definition) is 2. The zero-order chi connectivity index (χ0) is 19.7. The van der Waals surface area contributed by atoms with Gasteiger partial charge in [-0.1, -0.05) is 6.07 Å². The number of sulfonamides is 1. The van der Waals surface area contributed by atoms with Crippen molar-refractivity contribution in [3.63, 3.8) is 0 Å². The molecule has 1 aromatic rings. The summed E-state index contributed by atoms with van der Waals surface area (Å²) in [5.74, 6) is -1.85. The van der Waals surface area contributed by atoms with E-state index < -0.39 is 21.5 Å². The summed E-state index contributed by atoms with van der Waals surface area (Å²) in [6.07, 6.45) is 0.733. The normalized spacial score (nSPS) is 17.1. The Labute approximate surface area is 154 Å². The number of benzene rings is 1. The van der Waals surface area contributed by atoms with Crippen molar-refractivity contribution in [2.75, 3.05) is 13.1 Å². The second kappa shape index (κ2) is 7.36. The lowest BCUT2D eigenvalue weighted by atomic mass is 9.95. The van der Waals surface area contributed by atoms with Gasteiger partial charge in [-0.2, -0.15) is 4.31 Å². The van der Waals surface area contributed by atoms with E-state index >= 15 is 0 Å². The second-order valence-electron chi connectivity index (χ2n) is 7.34. The van der Waals surface area contributed by atoms with Crippen LogP contribution in [0.25, 0.3) is 0 Å². The SMILES string of the molecule is Cc1ccc(S(=O)(=O)N2CCC(C(=O)NC(C)(C)C(=O)O)CC2)cc1C. The molecule has 1 aliphatic rings. The summed E-state index contributed by atoms with van der Waals surface area (Å²) >= 11 is 0. The summed E-state index contributed by atoms with van der Waals surface area (Å²) in [5.41, 5.74) is 0.594. The van der Waals surface area contributed by atoms with Crippen molar-refractivity contribution in [1.82, 2.24) is 9.62 Å². The number of hydrogen-bond acceptors (Lipinski definition) is 4. The number of amides is 1. The molecule has 7 nitrogen and oxygen atoms in total. The smallest absolute Gasteiger partial charge is 0.328 e. The van der Waals surface area contributed by atoms with Gasteiger partial charge in [-0.3, -0.25) is 4.79 Å². The number of rotatable bonds is 5. The number of piperidine rings is 1. The molecule has 0 aliphatic carbocycles. The molecule has 26 heavy (non-hydrogen) atoms. The molecule has 2 N–H and O–H groups in total. The van der Waals surface area contributed by atoms with Crippen LogP contribution in [0.15, 0.2) is 23.1 Å². The van der Waals surface area contributed by atoms with E-state index in [9.17, 15) is 18.0 Å². The summed E-state index contributed by atoms with van der Waals surface area (Å²) < 4.78 is 27.0. The summed E-state index contributed by atoms with van der Waals surface area (Å²) in [7, 11) is -3.59. The molecule has 1 amide bonds. The van der Waals surface area contributed by atoms with Crippen molar-refractivity contribution >= 4 is 21.9 Å². The molecule has 0 radical (unpaired) electrons. The third kappa shape index (κ3) is 4.24. The molecule has 0 spiro atoms. The highest BCUT2D eigenvalue weighted by molar-refractivity contribution is 7.89. The largest absolute Gasteiger partial charge is 0.480 e. The van der Waals surface area contributed by atoms with Gasteiger partial charge in [0.05, 0.1) is 4.90 Å². The van der Waals surface area contributed by atoms with Crippen LogP contribution in [0.4, 0.5) is 0 Å². The number of carbonyl (C=O) groups is 2. The molecule has 0 saturated carbocycles. The van der Waals surface area contributed by atoms with Crippen molar-refractivity contribution in [1.29, 1.82) is 0 Å². The number of carboxylic acids is 1. The van der Waals surface area contributed by atoms with E-state index in [4.69, 9.17) is 5.11 Å². The predicted molar refractivity (Wildman–Crippen MR) is 97.3 cm³/mol. The Morgan fingerprint density at radius 2 is 1.73 bits per heavy atom. The Kier molecular flexibility index (Phi) is 5.77. The van der Waals surface area contributed by atoms with E-state index in [0.29, 0.717) is 12.8 Å². The average Bonchev–Trinajstić information content (AvgIpc) is 2.56. The Hall–Kier alpha value is -1.93. The Morgan fingerprint density at radius 1 is 1.15 bits per heavy atom. The lowest BCUT2D eigenvalue weighted by Crippen LogP contribution is -2.53. The highest BCUT2D eigenvalue weighted by atomic mass is 32.2. The second-order valence-corrected chi connectivity index (χ2v) is 9.28. The maximum absolute atomic E-state index is 12.8. The minimum atomic E-state index is -3.59. The van der Waals surface area contributed by atoms with Crippen LogP contribution in [0, 0.1) is 19.8 Å². The lowest BCUT2D eigenvalue weighted by Gasteiger charge is -2.32. The number of aryl methyl sites for hydroxylation is 2. The van der Waals surface area contributed by atoms with Crippen LogP contribution in [0.1, 0.15) is 37.8 Å². The zero-order valence-electron chi connectivity index (χ0n) is 15.6. The van der Waals surface area contributed by atoms with Gasteiger partial charge in [0.2, 0.25) is 15.9 Å². The van der Waals surface area contributed by atoms with Crippen LogP contribution in [0.3, 0.4) is 0 Å². The fraction of sp³-hybridized carbons (Fsp3) is 0.556. The topological polar surface area (TPSA) is 104 Å². The molecule has 1 heterocycles. The van der Waals surface area contributed by atoms with Crippen molar-refractivity contribution < 1.29 is 23.1 Å². The van der Waals surface area contributed by atoms with Crippen molar-refractivity contribution in [2.24, 2.45) is 5.92 Å². The van der Waals surface area contributed by atoms with E-state index in [2.05, 4.69) is 5.32 Å². The Bertz CT molecular complexity index is 809. The molecule has 0 aromatic heterocycles. The molecule has 0 atom stereocenters. The number of nitrogens with one attached hydrogen (secondary N) is 1. The first-order chi connectivity index (χ1) is 11.9. The van der Waals surface area contributed by atoms with Gasteiger partial charge in [0, 0.05) is 19.0 Å². The van der Waals surface area contributed by atoms with E-state index in [-0.39, 0.29) is 29.8 Å². The van der Waals surface area contributed by atoms with Gasteiger partial charge >= 0.3 is 5.97 Å². The first-order valence-electron chi connectivity index (χ1n) is 8.58. The summed E-state index contributed by atoms with van der Waals surface area (Å²) in [6, 6.07) is 5.06. The van der Waals surface area contributed by atoms with Crippen molar-refractivity contribution in [3.05, 3.63) is 29.3 Å². The van der Waals surface area contributed by atoms with E-state index in [1.165, 1.54) is 18.2 Å². The highest BCUT2D eigenvalue weighted by Gasteiger charge is 2.35.